The van der Waals surface area contributed by atoms with Gasteiger partial charge in [0.25, 0.3) is 0 Å². The van der Waals surface area contributed by atoms with Crippen LogP contribution in [0.4, 0.5) is 0 Å². The summed E-state index contributed by atoms with van der Waals surface area (Å²) in [7, 11) is 0. The maximum Gasteiger partial charge on any atom is 0.320 e. The SMILES string of the molecule is CCC(CC)(NC(=O)[C@H](CCSC)NC[C@@H](N)Cc1ccc2ccccc2c1)C(=O)N[C@H](CN[C@@H](CC(C)C)C(=O)O)Cc1ccccc1. The van der Waals surface area contributed by atoms with Gasteiger partial charge in [0.05, 0.1) is 6.04 Å². The van der Waals surface area contributed by atoms with E-state index in [1.165, 1.54) is 10.8 Å². The van der Waals surface area contributed by atoms with Gasteiger partial charge in [-0.1, -0.05) is 100 Å². The van der Waals surface area contributed by atoms with Crippen molar-refractivity contribution in [3.63, 3.8) is 0 Å². The van der Waals surface area contributed by atoms with Crippen LogP contribution in [0.5, 0.6) is 0 Å². The van der Waals surface area contributed by atoms with Gasteiger partial charge in [-0.05, 0) is 78.4 Å². The molecule has 0 saturated heterocycles. The highest BCUT2D eigenvalue weighted by Crippen LogP contribution is 2.19. The molecule has 49 heavy (non-hydrogen) atoms. The molecule has 0 unspecified atom stereocenters. The zero-order valence-corrected chi connectivity index (χ0v) is 30.7. The minimum absolute atomic E-state index is 0.194. The smallest absolute Gasteiger partial charge is 0.320 e. The van der Waals surface area contributed by atoms with Crippen LogP contribution in [0.25, 0.3) is 10.8 Å². The molecule has 3 rings (SSSR count). The highest BCUT2D eigenvalue weighted by molar-refractivity contribution is 7.98. The van der Waals surface area contributed by atoms with E-state index in [0.717, 1.165) is 16.9 Å². The Morgan fingerprint density at radius 2 is 1.49 bits per heavy atom. The maximum absolute atomic E-state index is 14.1. The van der Waals surface area contributed by atoms with E-state index in [0.29, 0.717) is 45.1 Å². The van der Waals surface area contributed by atoms with Gasteiger partial charge in [-0.15, -0.1) is 0 Å². The Balaban J connectivity index is 1.71. The number of nitrogens with two attached hydrogens (primary N) is 1. The minimum Gasteiger partial charge on any atom is -0.480 e. The fourth-order valence-electron chi connectivity index (χ4n) is 6.15. The molecule has 2 amide bonds. The number of nitrogens with one attached hydrogen (secondary N) is 4. The molecule has 3 aromatic carbocycles. The number of carbonyl (C=O) groups excluding carboxylic acids is 2. The number of hydrogen-bond donors (Lipinski definition) is 6. The number of rotatable bonds is 22. The van der Waals surface area contributed by atoms with Gasteiger partial charge in [-0.3, -0.25) is 14.4 Å². The van der Waals surface area contributed by atoms with E-state index < -0.39 is 29.6 Å². The number of hydrogen-bond acceptors (Lipinski definition) is 7. The predicted molar refractivity (Wildman–Crippen MR) is 203 cm³/mol. The second kappa shape index (κ2) is 20.3. The van der Waals surface area contributed by atoms with Crippen molar-refractivity contribution in [2.45, 2.75) is 95.9 Å². The lowest BCUT2D eigenvalue weighted by molar-refractivity contribution is -0.140. The number of aliphatic carboxylic acids is 1. The van der Waals surface area contributed by atoms with Crippen molar-refractivity contribution in [1.82, 2.24) is 21.3 Å². The molecule has 9 nitrogen and oxygen atoms in total. The highest BCUT2D eigenvalue weighted by atomic mass is 32.2. The fourth-order valence-corrected chi connectivity index (χ4v) is 6.62. The normalized spacial score (nSPS) is 14.3. The van der Waals surface area contributed by atoms with E-state index in [1.807, 2.05) is 76.4 Å². The average molecular weight is 692 g/mol. The van der Waals surface area contributed by atoms with Crippen LogP contribution in [0.3, 0.4) is 0 Å². The highest BCUT2D eigenvalue weighted by Gasteiger charge is 2.39. The molecule has 0 heterocycles. The first-order chi connectivity index (χ1) is 23.5. The molecular formula is C39H57N5O4S. The number of carboxylic acid groups (broad SMARTS) is 1. The van der Waals surface area contributed by atoms with Crippen molar-refractivity contribution >= 4 is 40.3 Å². The lowest BCUT2D eigenvalue weighted by Gasteiger charge is -2.35. The number of benzene rings is 3. The van der Waals surface area contributed by atoms with Crippen LogP contribution in [0.2, 0.25) is 0 Å². The Morgan fingerprint density at radius 1 is 0.837 bits per heavy atom. The lowest BCUT2D eigenvalue weighted by atomic mass is 9.90. The molecule has 0 saturated carbocycles. The molecule has 0 radical (unpaired) electrons. The van der Waals surface area contributed by atoms with Gasteiger partial charge in [-0.25, -0.2) is 0 Å². The molecule has 0 spiro atoms. The van der Waals surface area contributed by atoms with Crippen molar-refractivity contribution in [3.05, 3.63) is 83.9 Å². The Kier molecular flexibility index (Phi) is 16.6. The van der Waals surface area contributed by atoms with Crippen molar-refractivity contribution < 1.29 is 19.5 Å². The van der Waals surface area contributed by atoms with Crippen LogP contribution in [0, 0.1) is 5.92 Å². The summed E-state index contributed by atoms with van der Waals surface area (Å²) in [5.74, 6) is -0.455. The zero-order chi connectivity index (χ0) is 35.8. The summed E-state index contributed by atoms with van der Waals surface area (Å²) in [5.41, 5.74) is 7.59. The van der Waals surface area contributed by atoms with Gasteiger partial charge in [-0.2, -0.15) is 11.8 Å². The number of thioether (sulfide) groups is 1. The van der Waals surface area contributed by atoms with E-state index in [-0.39, 0.29) is 30.3 Å². The van der Waals surface area contributed by atoms with Crippen molar-refractivity contribution in [3.8, 4) is 0 Å². The first kappa shape index (κ1) is 40.0. The summed E-state index contributed by atoms with van der Waals surface area (Å²) in [6, 6.07) is 22.6. The van der Waals surface area contributed by atoms with Crippen molar-refractivity contribution in [1.29, 1.82) is 0 Å². The third kappa shape index (κ3) is 12.8. The third-order valence-corrected chi connectivity index (χ3v) is 9.79. The van der Waals surface area contributed by atoms with Crippen molar-refractivity contribution in [2.24, 2.45) is 11.7 Å². The molecule has 4 atom stereocenters. The van der Waals surface area contributed by atoms with Crippen LogP contribution in [0.1, 0.15) is 64.5 Å². The summed E-state index contributed by atoms with van der Waals surface area (Å²) < 4.78 is 0. The third-order valence-electron chi connectivity index (χ3n) is 9.15. The molecule has 0 aliphatic carbocycles. The largest absolute Gasteiger partial charge is 0.480 e. The van der Waals surface area contributed by atoms with Gasteiger partial charge >= 0.3 is 5.97 Å². The molecule has 10 heteroatoms. The molecule has 0 aliphatic rings. The van der Waals surface area contributed by atoms with E-state index in [4.69, 9.17) is 5.73 Å². The van der Waals surface area contributed by atoms with Crippen molar-refractivity contribution in [2.75, 3.05) is 25.1 Å². The first-order valence-electron chi connectivity index (χ1n) is 17.6. The molecule has 7 N–H and O–H groups in total. The Morgan fingerprint density at radius 3 is 2.12 bits per heavy atom. The summed E-state index contributed by atoms with van der Waals surface area (Å²) in [5, 5.41) is 25.0. The molecule has 0 aromatic heterocycles. The van der Waals surface area contributed by atoms with Gasteiger partial charge in [0.15, 0.2) is 0 Å². The Bertz CT molecular complexity index is 1470. The monoisotopic (exact) mass is 691 g/mol. The van der Waals surface area contributed by atoms with E-state index >= 15 is 0 Å². The molecule has 0 fully saturated rings. The van der Waals surface area contributed by atoms with Crippen LogP contribution < -0.4 is 27.0 Å². The van der Waals surface area contributed by atoms with E-state index in [1.54, 1.807) is 11.8 Å². The molecule has 0 bridgehead atoms. The number of fused-ring (bicyclic) bond motifs is 1. The number of amides is 2. The fraction of sp³-hybridized carbons (Fsp3) is 0.513. The molecule has 3 aromatic rings. The number of carbonyl (C=O) groups is 3. The predicted octanol–water partition coefficient (Wildman–Crippen LogP) is 4.91. The number of carboxylic acids is 1. The summed E-state index contributed by atoms with van der Waals surface area (Å²) in [4.78, 5) is 40.0. The van der Waals surface area contributed by atoms with Gasteiger partial charge < -0.3 is 32.1 Å². The van der Waals surface area contributed by atoms with E-state index in [2.05, 4.69) is 51.6 Å². The molecule has 0 aliphatic heterocycles. The summed E-state index contributed by atoms with van der Waals surface area (Å²) in [6.07, 6.45) is 5.05. The quantitative estimate of drug-likeness (QED) is 0.0872. The van der Waals surface area contributed by atoms with Gasteiger partial charge in [0.1, 0.15) is 11.6 Å². The van der Waals surface area contributed by atoms with Crippen LogP contribution in [-0.4, -0.2) is 77.7 Å². The lowest BCUT2D eigenvalue weighted by Crippen LogP contribution is -2.63. The van der Waals surface area contributed by atoms with E-state index in [9.17, 15) is 19.5 Å². The van der Waals surface area contributed by atoms with Gasteiger partial charge in [0.2, 0.25) is 11.8 Å². The first-order valence-corrected chi connectivity index (χ1v) is 19.0. The Hall–Kier alpha value is -3.44. The average Bonchev–Trinajstić information content (AvgIpc) is 3.08. The van der Waals surface area contributed by atoms with Crippen LogP contribution in [-0.2, 0) is 27.2 Å². The topological polar surface area (TPSA) is 146 Å². The van der Waals surface area contributed by atoms with Crippen LogP contribution in [0.15, 0.2) is 72.8 Å². The standard InChI is InChI=1S/C39H57N5O4S/c1-6-39(7-2,38(48)43-33(24-28-13-9-8-10-14-28)26-42-35(37(46)47)21-27(3)4)44-36(45)34(19-20-49-5)41-25-32(40)23-29-17-18-30-15-11-12-16-31(30)22-29/h8-18,22,27,32-35,41-42H,6-7,19-21,23-26,40H2,1-5H3,(H,43,48)(H,44,45)(H,46,47)/t32-,33-,34-,35-/m0/s1. The van der Waals surface area contributed by atoms with Crippen LogP contribution >= 0.6 is 11.8 Å². The zero-order valence-electron chi connectivity index (χ0n) is 29.8. The summed E-state index contributed by atoms with van der Waals surface area (Å²) in [6.45, 7) is 8.50. The summed E-state index contributed by atoms with van der Waals surface area (Å²) >= 11 is 1.66. The Labute approximate surface area is 297 Å². The minimum atomic E-state index is -1.14. The second-order valence-corrected chi connectivity index (χ2v) is 14.4. The second-order valence-electron chi connectivity index (χ2n) is 13.5. The molecule has 268 valence electrons. The molecular weight excluding hydrogens is 635 g/mol. The maximum atomic E-state index is 14.1. The van der Waals surface area contributed by atoms with Gasteiger partial charge in [0, 0.05) is 25.2 Å².